The topological polar surface area (TPSA) is 48.0 Å². The zero-order chi connectivity index (χ0) is 35.7. The van der Waals surface area contributed by atoms with Gasteiger partial charge in [0, 0.05) is 19.8 Å². The Kier molecular flexibility index (Phi) is 40.3. The molecule has 0 saturated carbocycles. The van der Waals surface area contributed by atoms with Gasteiger partial charge in [-0.1, -0.05) is 154 Å². The van der Waals surface area contributed by atoms with Gasteiger partial charge >= 0.3 is 5.97 Å². The molecular formula is C44H85NO4. The van der Waals surface area contributed by atoms with Crippen molar-refractivity contribution in [2.24, 2.45) is 0 Å². The quantitative estimate of drug-likeness (QED) is 0.0364. The van der Waals surface area contributed by atoms with Crippen molar-refractivity contribution in [2.75, 3.05) is 47.1 Å². The van der Waals surface area contributed by atoms with Gasteiger partial charge in [-0.05, 0) is 78.3 Å². The number of carbonyl (C=O) groups is 1. The van der Waals surface area contributed by atoms with E-state index in [1.165, 1.54) is 167 Å². The van der Waals surface area contributed by atoms with Crippen molar-refractivity contribution in [1.29, 1.82) is 0 Å². The number of rotatable bonds is 40. The number of unbranched alkanes of at least 4 members (excludes halogenated alkanes) is 24. The van der Waals surface area contributed by atoms with Gasteiger partial charge in [0.25, 0.3) is 0 Å². The van der Waals surface area contributed by atoms with Gasteiger partial charge in [0.2, 0.25) is 0 Å². The van der Waals surface area contributed by atoms with Gasteiger partial charge in [0.05, 0.1) is 19.6 Å². The van der Waals surface area contributed by atoms with E-state index in [2.05, 4.69) is 38.2 Å². The molecule has 49 heavy (non-hydrogen) atoms. The summed E-state index contributed by atoms with van der Waals surface area (Å²) in [6.07, 6.45) is 46.2. The molecule has 0 bridgehead atoms. The Morgan fingerprint density at radius 3 is 1.16 bits per heavy atom. The molecule has 0 atom stereocenters. The van der Waals surface area contributed by atoms with Crippen molar-refractivity contribution in [2.45, 2.75) is 206 Å². The Balaban J connectivity index is 3.84. The fourth-order valence-corrected chi connectivity index (χ4v) is 6.01. The van der Waals surface area contributed by atoms with E-state index >= 15 is 0 Å². The van der Waals surface area contributed by atoms with Crippen molar-refractivity contribution < 1.29 is 19.0 Å². The highest BCUT2D eigenvalue weighted by Crippen LogP contribution is 2.12. The van der Waals surface area contributed by atoms with E-state index in [1.807, 2.05) is 19.0 Å². The van der Waals surface area contributed by atoms with Gasteiger partial charge < -0.3 is 19.1 Å². The second-order valence-corrected chi connectivity index (χ2v) is 14.7. The van der Waals surface area contributed by atoms with Crippen molar-refractivity contribution in [3.8, 4) is 0 Å². The van der Waals surface area contributed by atoms with E-state index < -0.39 is 0 Å². The molecule has 0 radical (unpaired) electrons. The van der Waals surface area contributed by atoms with E-state index in [-0.39, 0.29) is 12.1 Å². The lowest BCUT2D eigenvalue weighted by molar-refractivity contribution is -0.156. The number of allylic oxidation sites excluding steroid dienone is 4. The minimum atomic E-state index is -0.321. The van der Waals surface area contributed by atoms with Crippen LogP contribution in [0.15, 0.2) is 24.3 Å². The van der Waals surface area contributed by atoms with Crippen molar-refractivity contribution in [3.63, 3.8) is 0 Å². The lowest BCUT2D eigenvalue weighted by Gasteiger charge is -2.19. The van der Waals surface area contributed by atoms with Crippen molar-refractivity contribution in [1.82, 2.24) is 4.90 Å². The Morgan fingerprint density at radius 2 is 0.816 bits per heavy atom. The van der Waals surface area contributed by atoms with E-state index in [1.54, 1.807) is 0 Å². The minimum Gasteiger partial charge on any atom is -0.457 e. The number of ether oxygens (including phenoxy) is 3. The van der Waals surface area contributed by atoms with Gasteiger partial charge in [-0.25, -0.2) is 0 Å². The summed E-state index contributed by atoms with van der Waals surface area (Å²) in [4.78, 5) is 14.4. The molecule has 0 saturated heterocycles. The highest BCUT2D eigenvalue weighted by molar-refractivity contribution is 5.69. The first-order chi connectivity index (χ1) is 24.1. The zero-order valence-electron chi connectivity index (χ0n) is 33.5. The molecule has 5 nitrogen and oxygen atoms in total. The summed E-state index contributed by atoms with van der Waals surface area (Å²) >= 11 is 0. The second-order valence-electron chi connectivity index (χ2n) is 14.7. The molecule has 0 rings (SSSR count). The van der Waals surface area contributed by atoms with Crippen LogP contribution in [0.4, 0.5) is 0 Å². The first-order valence-corrected chi connectivity index (χ1v) is 21.4. The molecule has 0 N–H and O–H groups in total. The van der Waals surface area contributed by atoms with E-state index in [4.69, 9.17) is 14.2 Å². The molecule has 0 amide bonds. The van der Waals surface area contributed by atoms with Crippen molar-refractivity contribution in [3.05, 3.63) is 24.3 Å². The fourth-order valence-electron chi connectivity index (χ4n) is 6.01. The molecule has 0 spiro atoms. The monoisotopic (exact) mass is 692 g/mol. The summed E-state index contributed by atoms with van der Waals surface area (Å²) in [5, 5.41) is 0. The van der Waals surface area contributed by atoms with Crippen LogP contribution in [0, 0.1) is 0 Å². The lowest BCUT2D eigenvalue weighted by atomic mass is 10.1. The maximum atomic E-state index is 12.4. The largest absolute Gasteiger partial charge is 0.457 e. The Labute approximate surface area is 306 Å². The molecule has 290 valence electrons. The molecule has 0 aliphatic carbocycles. The molecule has 0 unspecified atom stereocenters. The number of esters is 1. The maximum absolute atomic E-state index is 12.4. The van der Waals surface area contributed by atoms with Crippen LogP contribution in [0.5, 0.6) is 0 Å². The third-order valence-electron chi connectivity index (χ3n) is 9.27. The number of hydrogen-bond donors (Lipinski definition) is 0. The van der Waals surface area contributed by atoms with Gasteiger partial charge in [-0.15, -0.1) is 0 Å². The van der Waals surface area contributed by atoms with Crippen LogP contribution < -0.4 is 0 Å². The van der Waals surface area contributed by atoms with E-state index in [9.17, 15) is 4.79 Å². The first kappa shape index (κ1) is 47.8. The van der Waals surface area contributed by atoms with Gasteiger partial charge in [-0.3, -0.25) is 4.79 Å². The number of nitrogens with zero attached hydrogens (tertiary/aromatic N) is 1. The number of carbonyl (C=O) groups excluding carboxylic acids is 1. The van der Waals surface area contributed by atoms with Crippen LogP contribution >= 0.6 is 0 Å². The average molecular weight is 692 g/mol. The molecule has 0 fully saturated rings. The summed E-state index contributed by atoms with van der Waals surface area (Å²) in [5.41, 5.74) is 0. The highest BCUT2D eigenvalue weighted by Gasteiger charge is 2.15. The van der Waals surface area contributed by atoms with Crippen LogP contribution in [0.1, 0.15) is 200 Å². The summed E-state index contributed by atoms with van der Waals surface area (Å²) in [6, 6.07) is 0. The van der Waals surface area contributed by atoms with Crippen LogP contribution in [-0.2, 0) is 19.0 Å². The van der Waals surface area contributed by atoms with Crippen LogP contribution in [0.2, 0.25) is 0 Å². The Bertz CT molecular complexity index is 661. The molecule has 0 aromatic heterocycles. The van der Waals surface area contributed by atoms with E-state index in [0.717, 1.165) is 26.1 Å². The summed E-state index contributed by atoms with van der Waals surface area (Å²) in [7, 11) is 3.95. The van der Waals surface area contributed by atoms with Gasteiger partial charge in [0.15, 0.2) is 0 Å². The highest BCUT2D eigenvalue weighted by atomic mass is 16.6. The summed E-state index contributed by atoms with van der Waals surface area (Å²) in [5.74, 6) is -0.166. The summed E-state index contributed by atoms with van der Waals surface area (Å²) in [6.45, 7) is 7.55. The Morgan fingerprint density at radius 1 is 0.490 bits per heavy atom. The van der Waals surface area contributed by atoms with E-state index in [0.29, 0.717) is 26.2 Å². The van der Waals surface area contributed by atoms with Gasteiger partial charge in [-0.2, -0.15) is 0 Å². The third kappa shape index (κ3) is 41.1. The normalized spacial score (nSPS) is 12.0. The molecule has 0 aliphatic rings. The van der Waals surface area contributed by atoms with Crippen LogP contribution in [0.3, 0.4) is 0 Å². The predicted molar refractivity (Wildman–Crippen MR) is 214 cm³/mol. The standard InChI is InChI=1S/C44H85NO4/c1-5-7-9-11-13-15-17-19-21-23-25-27-29-31-33-35-39-47-41-43(49-44(46)37-38-45(3)4)42-48-40-36-34-32-30-28-26-24-22-20-18-16-14-12-10-8-6-2/h19-22,43H,5-18,23-42H2,1-4H3/b21-19-,22-20-. The molecule has 0 aromatic carbocycles. The minimum absolute atomic E-state index is 0.166. The molecule has 0 heterocycles. The molecule has 0 aromatic rings. The SMILES string of the molecule is CCCCCCCC/C=C\CCCCCCCCOCC(COCCCCCCCC/C=C\CCCCCCCC)OC(=O)CCN(C)C. The predicted octanol–water partition coefficient (Wildman–Crippen LogP) is 13.0. The summed E-state index contributed by atoms with van der Waals surface area (Å²) < 4.78 is 17.6. The van der Waals surface area contributed by atoms with Gasteiger partial charge in [0.1, 0.15) is 6.10 Å². The fraction of sp³-hybridized carbons (Fsp3) is 0.886. The second kappa shape index (κ2) is 41.3. The first-order valence-electron chi connectivity index (χ1n) is 21.4. The molecule has 0 aliphatic heterocycles. The van der Waals surface area contributed by atoms with Crippen LogP contribution in [-0.4, -0.2) is 64.0 Å². The Hall–Kier alpha value is -1.17. The van der Waals surface area contributed by atoms with Crippen LogP contribution in [0.25, 0.3) is 0 Å². The van der Waals surface area contributed by atoms with Crippen molar-refractivity contribution >= 4 is 5.97 Å². The lowest BCUT2D eigenvalue weighted by Crippen LogP contribution is -2.30. The average Bonchev–Trinajstić information content (AvgIpc) is 3.09. The number of hydrogen-bond acceptors (Lipinski definition) is 5. The zero-order valence-corrected chi connectivity index (χ0v) is 33.5. The molecule has 5 heteroatoms. The maximum Gasteiger partial charge on any atom is 0.307 e. The smallest absolute Gasteiger partial charge is 0.307 e. The molecular weight excluding hydrogens is 606 g/mol. The third-order valence-corrected chi connectivity index (χ3v) is 9.27.